The van der Waals surface area contributed by atoms with Crippen LogP contribution in [-0.4, -0.2) is 9.13 Å². The Morgan fingerprint density at radius 3 is 1.62 bits per heavy atom. The molecule has 0 saturated carbocycles. The number of hydrogen-bond acceptors (Lipinski definition) is 1. The van der Waals surface area contributed by atoms with Crippen LogP contribution in [0, 0.1) is 0 Å². The number of hydrogen-bond donors (Lipinski definition) is 0. The van der Waals surface area contributed by atoms with Crippen molar-refractivity contribution >= 4 is 85.9 Å². The van der Waals surface area contributed by atoms with Crippen LogP contribution in [0.2, 0.25) is 0 Å². The number of benzene rings is 9. The van der Waals surface area contributed by atoms with Crippen LogP contribution in [-0.2, 0) is 0 Å². The maximum Gasteiger partial charge on any atom is 0.0619 e. The van der Waals surface area contributed by atoms with E-state index in [0.717, 1.165) is 0 Å². The number of thiophene rings is 1. The molecule has 0 aliphatic carbocycles. The zero-order chi connectivity index (χ0) is 36.0. The smallest absolute Gasteiger partial charge is 0.0619 e. The van der Waals surface area contributed by atoms with Gasteiger partial charge in [-0.2, -0.15) is 0 Å². The Balaban J connectivity index is 1.12. The first-order valence-corrected chi connectivity index (χ1v) is 19.7. The van der Waals surface area contributed by atoms with E-state index in [1.807, 2.05) is 11.3 Å². The Bertz CT molecular complexity index is 3470. The predicted octanol–water partition coefficient (Wildman–Crippen LogP) is 14.7. The van der Waals surface area contributed by atoms with Crippen molar-refractivity contribution in [2.75, 3.05) is 0 Å². The van der Waals surface area contributed by atoms with Gasteiger partial charge in [-0.1, -0.05) is 127 Å². The lowest BCUT2D eigenvalue weighted by molar-refractivity contribution is 1.19. The van der Waals surface area contributed by atoms with Gasteiger partial charge in [-0.15, -0.1) is 11.3 Å². The van der Waals surface area contributed by atoms with Crippen molar-refractivity contribution in [1.29, 1.82) is 0 Å². The van der Waals surface area contributed by atoms with Gasteiger partial charge in [-0.3, -0.25) is 0 Å². The molecule has 256 valence electrons. The molecule has 12 aromatic rings. The Morgan fingerprint density at radius 1 is 0.327 bits per heavy atom. The molecule has 0 unspecified atom stereocenters. The van der Waals surface area contributed by atoms with Gasteiger partial charge in [0.05, 0.1) is 27.8 Å². The van der Waals surface area contributed by atoms with E-state index in [4.69, 9.17) is 0 Å². The van der Waals surface area contributed by atoms with E-state index in [1.54, 1.807) is 0 Å². The van der Waals surface area contributed by atoms with E-state index in [2.05, 4.69) is 203 Å². The first kappa shape index (κ1) is 30.5. The monoisotopic (exact) mass is 716 g/mol. The van der Waals surface area contributed by atoms with Crippen LogP contribution < -0.4 is 0 Å². The number of fused-ring (bicyclic) bond motifs is 11. The summed E-state index contributed by atoms with van der Waals surface area (Å²) in [5, 5.41) is 10.2. The highest BCUT2D eigenvalue weighted by molar-refractivity contribution is 7.25. The van der Waals surface area contributed by atoms with E-state index >= 15 is 0 Å². The van der Waals surface area contributed by atoms with E-state index < -0.39 is 0 Å². The van der Waals surface area contributed by atoms with Gasteiger partial charge in [-0.05, 0) is 94.4 Å². The Kier molecular flexibility index (Phi) is 6.54. The topological polar surface area (TPSA) is 9.86 Å². The summed E-state index contributed by atoms with van der Waals surface area (Å²) in [7, 11) is 0. The Hall–Kier alpha value is -6.94. The molecule has 2 nitrogen and oxygen atoms in total. The van der Waals surface area contributed by atoms with Gasteiger partial charge in [0.1, 0.15) is 0 Å². The summed E-state index contributed by atoms with van der Waals surface area (Å²) in [4.78, 5) is 0. The second-order valence-corrected chi connectivity index (χ2v) is 15.6. The summed E-state index contributed by atoms with van der Waals surface area (Å²) in [6, 6.07) is 71.5. The van der Waals surface area contributed by atoms with Crippen LogP contribution in [0.15, 0.2) is 194 Å². The second-order valence-electron chi connectivity index (χ2n) is 14.5. The maximum atomic E-state index is 2.49. The van der Waals surface area contributed by atoms with Gasteiger partial charge < -0.3 is 9.13 Å². The molecule has 0 amide bonds. The highest BCUT2D eigenvalue weighted by Gasteiger charge is 2.20. The van der Waals surface area contributed by atoms with Crippen molar-refractivity contribution in [3.8, 4) is 33.6 Å². The van der Waals surface area contributed by atoms with Crippen molar-refractivity contribution in [2.24, 2.45) is 0 Å². The third-order valence-electron chi connectivity index (χ3n) is 11.5. The number of nitrogens with zero attached hydrogens (tertiary/aromatic N) is 2. The standard InChI is InChI=1S/C52H32N2S/c1-3-12-33(13-4-1)35-23-28-46-43(30-35)44-32-37(25-29-47(44)54(46)48-19-11-21-50-51(48)41-18-9-10-20-49(41)55-50)36-24-27-45-42(31-36)40-26-22-34-14-7-8-17-39(34)52(40)53(45)38-15-5-2-6-16-38/h1-32H. The summed E-state index contributed by atoms with van der Waals surface area (Å²) >= 11 is 1.87. The van der Waals surface area contributed by atoms with Crippen LogP contribution in [0.5, 0.6) is 0 Å². The first-order valence-electron chi connectivity index (χ1n) is 18.8. The highest BCUT2D eigenvalue weighted by atomic mass is 32.1. The summed E-state index contributed by atoms with van der Waals surface area (Å²) < 4.78 is 7.55. The van der Waals surface area contributed by atoms with Crippen LogP contribution >= 0.6 is 11.3 Å². The van der Waals surface area contributed by atoms with E-state index in [1.165, 1.54) is 108 Å². The molecule has 0 N–H and O–H groups in total. The fourth-order valence-corrected chi connectivity index (χ4v) is 10.1. The zero-order valence-electron chi connectivity index (χ0n) is 29.8. The molecule has 0 saturated heterocycles. The van der Waals surface area contributed by atoms with Crippen molar-refractivity contribution in [2.45, 2.75) is 0 Å². The Morgan fingerprint density at radius 2 is 0.891 bits per heavy atom. The molecule has 3 heteroatoms. The predicted molar refractivity (Wildman–Crippen MR) is 236 cm³/mol. The minimum atomic E-state index is 1.17. The molecule has 55 heavy (non-hydrogen) atoms. The third kappa shape index (κ3) is 4.54. The average molecular weight is 717 g/mol. The molecule has 0 radical (unpaired) electrons. The van der Waals surface area contributed by atoms with E-state index in [0.29, 0.717) is 0 Å². The van der Waals surface area contributed by atoms with Gasteiger partial charge in [-0.25, -0.2) is 0 Å². The lowest BCUT2D eigenvalue weighted by Gasteiger charge is -2.11. The van der Waals surface area contributed by atoms with Crippen LogP contribution in [0.25, 0.3) is 108 Å². The summed E-state index contributed by atoms with van der Waals surface area (Å²) in [5.74, 6) is 0. The molecule has 0 aliphatic rings. The number of rotatable bonds is 4. The lowest BCUT2D eigenvalue weighted by atomic mass is 9.99. The molecule has 0 spiro atoms. The number of aromatic nitrogens is 2. The molecular formula is C52H32N2S. The number of para-hydroxylation sites is 1. The summed E-state index contributed by atoms with van der Waals surface area (Å²) in [6.07, 6.45) is 0. The van der Waals surface area contributed by atoms with Gasteiger partial charge in [0.2, 0.25) is 0 Å². The molecule has 3 aromatic heterocycles. The van der Waals surface area contributed by atoms with Crippen molar-refractivity contribution in [3.05, 3.63) is 194 Å². The molecular weight excluding hydrogens is 685 g/mol. The van der Waals surface area contributed by atoms with E-state index in [9.17, 15) is 0 Å². The SMILES string of the molecule is c1ccc(-c2ccc3c(c2)c2cc(-c4ccc5c(c4)c4ccc6ccccc6c4n5-c4ccccc4)ccc2n3-c2cccc3sc4ccccc4c23)cc1. The summed E-state index contributed by atoms with van der Waals surface area (Å²) in [6.45, 7) is 0. The average Bonchev–Trinajstić information content (AvgIpc) is 3.91. The van der Waals surface area contributed by atoms with Crippen molar-refractivity contribution in [1.82, 2.24) is 9.13 Å². The maximum absolute atomic E-state index is 2.49. The third-order valence-corrected chi connectivity index (χ3v) is 12.6. The molecule has 0 bridgehead atoms. The molecule has 3 heterocycles. The molecule has 0 aliphatic heterocycles. The van der Waals surface area contributed by atoms with Gasteiger partial charge >= 0.3 is 0 Å². The van der Waals surface area contributed by atoms with Gasteiger partial charge in [0.25, 0.3) is 0 Å². The Labute approximate surface area is 321 Å². The zero-order valence-corrected chi connectivity index (χ0v) is 30.6. The highest BCUT2D eigenvalue weighted by Crippen LogP contribution is 2.43. The fraction of sp³-hybridized carbons (Fsp3) is 0. The molecule has 0 fully saturated rings. The van der Waals surface area contributed by atoms with Gasteiger partial charge in [0, 0.05) is 52.8 Å². The lowest BCUT2D eigenvalue weighted by Crippen LogP contribution is -1.94. The van der Waals surface area contributed by atoms with Crippen LogP contribution in [0.1, 0.15) is 0 Å². The molecule has 12 rings (SSSR count). The van der Waals surface area contributed by atoms with Crippen molar-refractivity contribution < 1.29 is 0 Å². The molecule has 9 aromatic carbocycles. The van der Waals surface area contributed by atoms with Crippen LogP contribution in [0.4, 0.5) is 0 Å². The van der Waals surface area contributed by atoms with Gasteiger partial charge in [0.15, 0.2) is 0 Å². The van der Waals surface area contributed by atoms with E-state index in [-0.39, 0.29) is 0 Å². The first-order chi connectivity index (χ1) is 27.3. The summed E-state index contributed by atoms with van der Waals surface area (Å²) in [5.41, 5.74) is 12.1. The van der Waals surface area contributed by atoms with Crippen molar-refractivity contribution in [3.63, 3.8) is 0 Å². The normalized spacial score (nSPS) is 12.0. The fourth-order valence-electron chi connectivity index (χ4n) is 9.02. The molecule has 0 atom stereocenters. The van der Waals surface area contributed by atoms with Crippen LogP contribution in [0.3, 0.4) is 0 Å². The minimum absolute atomic E-state index is 1.17. The quantitative estimate of drug-likeness (QED) is 0.172. The minimum Gasteiger partial charge on any atom is -0.309 e. The largest absolute Gasteiger partial charge is 0.309 e. The second kappa shape index (κ2) is 11.8.